The first-order valence-corrected chi connectivity index (χ1v) is 8.69. The van der Waals surface area contributed by atoms with E-state index in [2.05, 4.69) is 25.4 Å². The zero-order valence-electron chi connectivity index (χ0n) is 14.1. The highest BCUT2D eigenvalue weighted by Crippen LogP contribution is 2.56. The Morgan fingerprint density at radius 3 is 2.76 bits per heavy atom. The van der Waals surface area contributed by atoms with E-state index < -0.39 is 5.67 Å². The molecule has 1 N–H and O–H groups in total. The number of hydrogen-bond donors (Lipinski definition) is 1. The van der Waals surface area contributed by atoms with Gasteiger partial charge in [-0.1, -0.05) is 10.7 Å². The van der Waals surface area contributed by atoms with Crippen LogP contribution in [0, 0.1) is 5.41 Å². The van der Waals surface area contributed by atoms with E-state index in [1.165, 1.54) is 19.4 Å². The Bertz CT molecular complexity index is 834. The molecule has 2 bridgehead atoms. The molecule has 0 atom stereocenters. The van der Waals surface area contributed by atoms with Crippen LogP contribution in [-0.2, 0) is 5.67 Å². The minimum Gasteiger partial charge on any atom is -0.369 e. The lowest BCUT2D eigenvalue weighted by Gasteiger charge is -2.49. The monoisotopic (exact) mass is 363 g/mol. The molecule has 0 unspecified atom stereocenters. The van der Waals surface area contributed by atoms with E-state index in [4.69, 9.17) is 16.1 Å². The Labute approximate surface area is 149 Å². The van der Waals surface area contributed by atoms with Crippen LogP contribution in [0.25, 0.3) is 5.57 Å². The van der Waals surface area contributed by atoms with Gasteiger partial charge in [-0.05, 0) is 68.2 Å². The van der Waals surface area contributed by atoms with E-state index in [0.29, 0.717) is 5.82 Å². The average Bonchev–Trinajstić information content (AvgIpc) is 3.02. The smallest absolute Gasteiger partial charge is 0.264 e. The molecule has 3 aliphatic rings. The molecule has 6 nitrogen and oxygen atoms in total. The summed E-state index contributed by atoms with van der Waals surface area (Å²) in [4.78, 5) is 12.3. The van der Waals surface area contributed by atoms with Crippen LogP contribution >= 0.6 is 11.6 Å². The summed E-state index contributed by atoms with van der Waals surface area (Å²) in [6.07, 6.45) is 5.54. The van der Waals surface area contributed by atoms with Crippen molar-refractivity contribution in [1.82, 2.24) is 20.1 Å². The van der Waals surface area contributed by atoms with Crippen LogP contribution < -0.4 is 5.32 Å². The second-order valence-corrected chi connectivity index (χ2v) is 7.73. The Balaban J connectivity index is 1.44. The number of allylic oxidation sites excluding steroid dienone is 2. The molecule has 5 rings (SSSR count). The molecule has 0 amide bonds. The summed E-state index contributed by atoms with van der Waals surface area (Å²) in [5.41, 5.74) is 1.09. The summed E-state index contributed by atoms with van der Waals surface area (Å²) in [6, 6.07) is 1.81. The number of nitrogens with zero attached hydrogens (tertiary/aromatic N) is 4. The minimum absolute atomic E-state index is 0.0362. The highest BCUT2D eigenvalue weighted by atomic mass is 35.5. The minimum atomic E-state index is -1.61. The zero-order valence-corrected chi connectivity index (χ0v) is 14.9. The summed E-state index contributed by atoms with van der Waals surface area (Å²) in [5, 5.41) is 7.57. The molecule has 25 heavy (non-hydrogen) atoms. The number of hydrogen-bond acceptors (Lipinski definition) is 6. The second-order valence-electron chi connectivity index (χ2n) is 7.40. The number of nitrogens with one attached hydrogen (secondary N) is 1. The summed E-state index contributed by atoms with van der Waals surface area (Å²) in [5.74, 6) is 1.32. The van der Waals surface area contributed by atoms with Gasteiger partial charge in [0.15, 0.2) is 11.5 Å². The maximum atomic E-state index is 13.9. The van der Waals surface area contributed by atoms with E-state index in [0.717, 1.165) is 43.6 Å². The van der Waals surface area contributed by atoms with Crippen LogP contribution in [0.1, 0.15) is 51.2 Å². The summed E-state index contributed by atoms with van der Waals surface area (Å²) >= 11 is 5.81. The summed E-state index contributed by atoms with van der Waals surface area (Å²) in [7, 11) is 0. The van der Waals surface area contributed by atoms with E-state index in [9.17, 15) is 4.39 Å². The van der Waals surface area contributed by atoms with E-state index in [1.807, 2.05) is 6.07 Å². The van der Waals surface area contributed by atoms with Crippen molar-refractivity contribution in [1.29, 1.82) is 0 Å². The Kier molecular flexibility index (Phi) is 3.79. The third kappa shape index (κ3) is 3.13. The summed E-state index contributed by atoms with van der Waals surface area (Å²) < 4.78 is 19.0. The fraction of sp³-hybridized carbons (Fsp3) is 0.529. The number of anilines is 1. The first kappa shape index (κ1) is 16.4. The fourth-order valence-corrected chi connectivity index (χ4v) is 3.74. The van der Waals surface area contributed by atoms with Crippen molar-refractivity contribution in [3.05, 3.63) is 34.8 Å². The molecule has 2 aromatic rings. The van der Waals surface area contributed by atoms with Gasteiger partial charge in [0.2, 0.25) is 5.28 Å². The Morgan fingerprint density at radius 2 is 2.16 bits per heavy atom. The molecule has 8 heteroatoms. The maximum Gasteiger partial charge on any atom is 0.264 e. The predicted octanol–water partition coefficient (Wildman–Crippen LogP) is 4.16. The molecule has 3 aliphatic carbocycles. The number of halogens is 2. The van der Waals surface area contributed by atoms with Gasteiger partial charge in [0.1, 0.15) is 5.82 Å². The molecule has 2 aromatic heterocycles. The molecule has 1 saturated carbocycles. The van der Waals surface area contributed by atoms with Gasteiger partial charge in [-0.15, -0.1) is 0 Å². The fourth-order valence-electron chi connectivity index (χ4n) is 3.59. The molecular weight excluding hydrogens is 345 g/mol. The van der Waals surface area contributed by atoms with Gasteiger partial charge >= 0.3 is 0 Å². The van der Waals surface area contributed by atoms with Gasteiger partial charge in [0, 0.05) is 12.7 Å². The highest BCUT2D eigenvalue weighted by Gasteiger charge is 2.46. The van der Waals surface area contributed by atoms with Crippen molar-refractivity contribution in [3.63, 3.8) is 0 Å². The molecule has 2 heterocycles. The summed E-state index contributed by atoms with van der Waals surface area (Å²) in [6.45, 7) is 3.68. The highest BCUT2D eigenvalue weighted by molar-refractivity contribution is 6.28. The van der Waals surface area contributed by atoms with Crippen LogP contribution in [0.5, 0.6) is 0 Å². The predicted molar refractivity (Wildman–Crippen MR) is 91.8 cm³/mol. The molecule has 132 valence electrons. The first-order chi connectivity index (χ1) is 11.8. The van der Waals surface area contributed by atoms with Gasteiger partial charge < -0.3 is 9.84 Å². The van der Waals surface area contributed by atoms with Crippen molar-refractivity contribution in [3.8, 4) is 0 Å². The molecular formula is C17H19ClFN5O. The molecule has 0 aromatic carbocycles. The number of rotatable bonds is 5. The first-order valence-electron chi connectivity index (χ1n) is 8.31. The normalized spacial score (nSPS) is 18.9. The molecule has 0 aliphatic heterocycles. The third-order valence-corrected chi connectivity index (χ3v) is 5.17. The van der Waals surface area contributed by atoms with Crippen LogP contribution in [-0.4, -0.2) is 26.7 Å². The standard InChI is InChI=1S/C17H19ClFN5O/c1-16(2,19)14-23-13(24-25-14)11-3-5-17(7-10(11)8-17)9-21-12-4-6-20-15(18)22-12/h4,6H,3,5,7-9H2,1-2H3,(H,20,21,22). The third-order valence-electron chi connectivity index (χ3n) is 4.98. The van der Waals surface area contributed by atoms with Crippen molar-refractivity contribution >= 4 is 23.0 Å². The largest absolute Gasteiger partial charge is 0.369 e. The van der Waals surface area contributed by atoms with Crippen molar-refractivity contribution in [2.24, 2.45) is 5.41 Å². The van der Waals surface area contributed by atoms with Crippen LogP contribution in [0.2, 0.25) is 5.28 Å². The lowest BCUT2D eigenvalue weighted by atomic mass is 9.57. The maximum absolute atomic E-state index is 13.9. The Hall–Kier alpha value is -2.02. The molecule has 1 fully saturated rings. The van der Waals surface area contributed by atoms with E-state index >= 15 is 0 Å². The van der Waals surface area contributed by atoms with Crippen molar-refractivity contribution in [2.75, 3.05) is 11.9 Å². The van der Waals surface area contributed by atoms with Gasteiger partial charge in [-0.3, -0.25) is 0 Å². The topological polar surface area (TPSA) is 76.7 Å². The van der Waals surface area contributed by atoms with E-state index in [1.54, 1.807) is 6.20 Å². The second kappa shape index (κ2) is 5.76. The lowest BCUT2D eigenvalue weighted by molar-refractivity contribution is 0.155. The molecule has 0 saturated heterocycles. The van der Waals surface area contributed by atoms with Gasteiger partial charge in [-0.2, -0.15) is 4.98 Å². The van der Waals surface area contributed by atoms with Crippen LogP contribution in [0.3, 0.4) is 0 Å². The van der Waals surface area contributed by atoms with Crippen LogP contribution in [0.15, 0.2) is 22.4 Å². The number of fused-ring (bicyclic) bond motifs is 2. The quantitative estimate of drug-likeness (QED) is 0.804. The van der Waals surface area contributed by atoms with Crippen LogP contribution in [0.4, 0.5) is 10.2 Å². The SMILES string of the molecule is CC(C)(F)c1nc(C2=C3CC(CNc4ccnc(Cl)n4)(CC2)C3)no1. The van der Waals surface area contributed by atoms with Crippen molar-refractivity contribution < 1.29 is 8.91 Å². The van der Waals surface area contributed by atoms with Gasteiger partial charge in [0.25, 0.3) is 5.89 Å². The Morgan fingerprint density at radius 1 is 1.36 bits per heavy atom. The van der Waals surface area contributed by atoms with E-state index in [-0.39, 0.29) is 16.6 Å². The average molecular weight is 364 g/mol. The lowest BCUT2D eigenvalue weighted by Crippen LogP contribution is -2.41. The number of aromatic nitrogens is 4. The molecule has 0 spiro atoms. The molecule has 0 radical (unpaired) electrons. The van der Waals surface area contributed by atoms with Gasteiger partial charge in [0.05, 0.1) is 0 Å². The van der Waals surface area contributed by atoms with Crippen molar-refractivity contribution in [2.45, 2.75) is 45.2 Å². The van der Waals surface area contributed by atoms with Gasteiger partial charge in [-0.25, -0.2) is 14.4 Å². The number of alkyl halides is 1. The zero-order chi connectivity index (χ0) is 17.7.